The number of rotatable bonds is 5. The Morgan fingerprint density at radius 3 is 2.93 bits per heavy atom. The lowest BCUT2D eigenvalue weighted by molar-refractivity contribution is 0.0456. The number of hydrogen-bond donors (Lipinski definition) is 0. The van der Waals surface area contributed by atoms with Gasteiger partial charge in [0.1, 0.15) is 5.82 Å². The third kappa shape index (κ3) is 4.03. The van der Waals surface area contributed by atoms with Crippen molar-refractivity contribution < 1.29 is 9.53 Å². The van der Waals surface area contributed by atoms with E-state index in [-0.39, 0.29) is 12.2 Å². The highest BCUT2D eigenvalue weighted by Crippen LogP contribution is 2.17. The van der Waals surface area contributed by atoms with Crippen molar-refractivity contribution in [3.05, 3.63) is 45.8 Å². The maximum Gasteiger partial charge on any atom is 0.338 e. The molecule has 0 radical (unpaired) electrons. The zero-order valence-corrected chi connectivity index (χ0v) is 16.5. The van der Waals surface area contributed by atoms with Gasteiger partial charge < -0.3 is 4.74 Å². The summed E-state index contributed by atoms with van der Waals surface area (Å²) in [6, 6.07) is 4.90. The SMILES string of the molecule is CCCn1nnnc1COC(=O)c1ccc2c(=O)n3c(nc2c1)CCCCCC3. The van der Waals surface area contributed by atoms with Crippen molar-refractivity contribution >= 4 is 16.9 Å². The minimum atomic E-state index is -0.494. The summed E-state index contributed by atoms with van der Waals surface area (Å²) in [5.41, 5.74) is 0.854. The normalized spacial score (nSPS) is 14.2. The van der Waals surface area contributed by atoms with Crippen LogP contribution in [0.4, 0.5) is 0 Å². The minimum Gasteiger partial charge on any atom is -0.454 e. The molecule has 4 rings (SSSR count). The molecule has 1 aromatic carbocycles. The predicted octanol–water partition coefficient (Wildman–Crippen LogP) is 2.27. The number of fused-ring (bicyclic) bond motifs is 2. The number of aryl methyl sites for hydroxylation is 2. The van der Waals surface area contributed by atoms with E-state index in [1.54, 1.807) is 27.4 Å². The van der Waals surface area contributed by atoms with E-state index in [2.05, 4.69) is 20.5 Å². The summed E-state index contributed by atoms with van der Waals surface area (Å²) in [5, 5.41) is 11.9. The van der Waals surface area contributed by atoms with Gasteiger partial charge in [0.2, 0.25) is 0 Å². The number of carbonyl (C=O) groups excluding carboxylic acids is 1. The Kier molecular flexibility index (Phi) is 5.64. The molecule has 2 aromatic heterocycles. The number of carbonyl (C=O) groups is 1. The van der Waals surface area contributed by atoms with Gasteiger partial charge >= 0.3 is 5.97 Å². The number of ether oxygens (including phenoxy) is 1. The van der Waals surface area contributed by atoms with E-state index in [1.165, 1.54) is 0 Å². The Balaban J connectivity index is 1.58. The van der Waals surface area contributed by atoms with E-state index >= 15 is 0 Å². The summed E-state index contributed by atoms with van der Waals surface area (Å²) in [7, 11) is 0. The zero-order chi connectivity index (χ0) is 20.2. The number of benzene rings is 1. The van der Waals surface area contributed by atoms with Gasteiger partial charge in [-0.1, -0.05) is 19.8 Å². The molecule has 29 heavy (non-hydrogen) atoms. The number of hydrogen-bond acceptors (Lipinski definition) is 7. The van der Waals surface area contributed by atoms with Crippen molar-refractivity contribution in [2.24, 2.45) is 0 Å². The summed E-state index contributed by atoms with van der Waals surface area (Å²) >= 11 is 0. The number of aromatic nitrogens is 6. The van der Waals surface area contributed by atoms with Crippen LogP contribution in [0.3, 0.4) is 0 Å². The maximum absolute atomic E-state index is 12.9. The van der Waals surface area contributed by atoms with Crippen LogP contribution < -0.4 is 5.56 Å². The second-order valence-electron chi connectivity index (χ2n) is 7.28. The van der Waals surface area contributed by atoms with Crippen LogP contribution in [0, 0.1) is 0 Å². The smallest absolute Gasteiger partial charge is 0.338 e. The molecule has 0 aliphatic carbocycles. The largest absolute Gasteiger partial charge is 0.454 e. The summed E-state index contributed by atoms with van der Waals surface area (Å²) in [6.07, 6.45) is 5.95. The quantitative estimate of drug-likeness (QED) is 0.609. The average molecular weight is 396 g/mol. The Hall–Kier alpha value is -3.10. The standard InChI is InChI=1S/C20H24N6O3/c1-2-10-26-18(22-23-24-26)13-29-20(28)14-8-9-15-16(12-14)21-17-7-5-3-4-6-11-25(17)19(15)27/h8-9,12H,2-7,10-11,13H2,1H3. The van der Waals surface area contributed by atoms with Gasteiger partial charge in [-0.3, -0.25) is 9.36 Å². The monoisotopic (exact) mass is 396 g/mol. The van der Waals surface area contributed by atoms with E-state index in [1.807, 2.05) is 6.92 Å². The second-order valence-corrected chi connectivity index (χ2v) is 7.28. The van der Waals surface area contributed by atoms with Gasteiger partial charge in [0.05, 0.1) is 16.5 Å². The van der Waals surface area contributed by atoms with Crippen molar-refractivity contribution in [2.75, 3.05) is 0 Å². The molecule has 0 unspecified atom stereocenters. The highest BCUT2D eigenvalue weighted by atomic mass is 16.5. The van der Waals surface area contributed by atoms with Crippen LogP contribution >= 0.6 is 0 Å². The number of nitrogens with zero attached hydrogens (tertiary/aromatic N) is 6. The lowest BCUT2D eigenvalue weighted by Gasteiger charge is -2.16. The first-order valence-electron chi connectivity index (χ1n) is 10.1. The molecule has 3 aromatic rings. The molecule has 152 valence electrons. The molecule has 1 aliphatic rings. The molecule has 0 N–H and O–H groups in total. The molecular formula is C20H24N6O3. The molecule has 0 saturated heterocycles. The molecule has 0 spiro atoms. The second kappa shape index (κ2) is 8.50. The Morgan fingerprint density at radius 1 is 1.21 bits per heavy atom. The van der Waals surface area contributed by atoms with Crippen molar-refractivity contribution in [2.45, 2.75) is 65.1 Å². The summed E-state index contributed by atoms with van der Waals surface area (Å²) in [5.74, 6) is 0.803. The highest BCUT2D eigenvalue weighted by Gasteiger charge is 2.16. The number of esters is 1. The van der Waals surface area contributed by atoms with Crippen molar-refractivity contribution in [1.29, 1.82) is 0 Å². The van der Waals surface area contributed by atoms with Gasteiger partial charge in [-0.25, -0.2) is 14.5 Å². The van der Waals surface area contributed by atoms with Gasteiger partial charge in [0, 0.05) is 19.5 Å². The van der Waals surface area contributed by atoms with E-state index in [0.29, 0.717) is 35.4 Å². The molecule has 3 heterocycles. The fourth-order valence-corrected chi connectivity index (χ4v) is 3.65. The van der Waals surface area contributed by atoms with Crippen molar-refractivity contribution in [3.8, 4) is 0 Å². The third-order valence-electron chi connectivity index (χ3n) is 5.18. The van der Waals surface area contributed by atoms with Crippen molar-refractivity contribution in [1.82, 2.24) is 29.8 Å². The number of tetrazole rings is 1. The lowest BCUT2D eigenvalue weighted by Crippen LogP contribution is -2.26. The van der Waals surface area contributed by atoms with Crippen LogP contribution in [0.25, 0.3) is 10.9 Å². The summed E-state index contributed by atoms with van der Waals surface area (Å²) < 4.78 is 8.78. The van der Waals surface area contributed by atoms with Crippen LogP contribution in [-0.4, -0.2) is 35.7 Å². The third-order valence-corrected chi connectivity index (χ3v) is 5.18. The van der Waals surface area contributed by atoms with Gasteiger partial charge in [-0.05, 0) is 47.9 Å². The highest BCUT2D eigenvalue weighted by molar-refractivity contribution is 5.94. The van der Waals surface area contributed by atoms with Gasteiger partial charge in [-0.2, -0.15) is 0 Å². The van der Waals surface area contributed by atoms with Gasteiger partial charge in [0.25, 0.3) is 5.56 Å². The fraction of sp³-hybridized carbons (Fsp3) is 0.500. The van der Waals surface area contributed by atoms with Crippen molar-refractivity contribution in [3.63, 3.8) is 0 Å². The Morgan fingerprint density at radius 2 is 2.07 bits per heavy atom. The molecule has 9 nitrogen and oxygen atoms in total. The van der Waals surface area contributed by atoms with E-state index in [9.17, 15) is 9.59 Å². The minimum absolute atomic E-state index is 0.00978. The van der Waals surface area contributed by atoms with Crippen LogP contribution in [-0.2, 0) is 30.9 Å². The van der Waals surface area contributed by atoms with E-state index < -0.39 is 5.97 Å². The average Bonchev–Trinajstić information content (AvgIpc) is 3.15. The summed E-state index contributed by atoms with van der Waals surface area (Å²) in [6.45, 7) is 3.37. The molecule has 9 heteroatoms. The first kappa shape index (κ1) is 19.2. The molecule has 0 saturated carbocycles. The van der Waals surface area contributed by atoms with Gasteiger partial charge in [0.15, 0.2) is 12.4 Å². The fourth-order valence-electron chi connectivity index (χ4n) is 3.65. The zero-order valence-electron chi connectivity index (χ0n) is 16.5. The molecular weight excluding hydrogens is 372 g/mol. The van der Waals surface area contributed by atoms with E-state index in [0.717, 1.165) is 44.3 Å². The molecule has 0 atom stereocenters. The predicted molar refractivity (Wildman–Crippen MR) is 105 cm³/mol. The topological polar surface area (TPSA) is 105 Å². The first-order chi connectivity index (χ1) is 14.2. The van der Waals surface area contributed by atoms with Crippen LogP contribution in [0.2, 0.25) is 0 Å². The van der Waals surface area contributed by atoms with E-state index in [4.69, 9.17) is 4.74 Å². The Labute approximate surface area is 167 Å². The lowest BCUT2D eigenvalue weighted by atomic mass is 10.1. The van der Waals surface area contributed by atoms with Crippen LogP contribution in [0.1, 0.15) is 61.0 Å². The molecule has 0 amide bonds. The first-order valence-corrected chi connectivity index (χ1v) is 10.1. The summed E-state index contributed by atoms with van der Waals surface area (Å²) in [4.78, 5) is 30.1. The Bertz CT molecular complexity index is 1090. The van der Waals surface area contributed by atoms with Gasteiger partial charge in [-0.15, -0.1) is 5.10 Å². The van der Waals surface area contributed by atoms with Crippen LogP contribution in [0.15, 0.2) is 23.0 Å². The molecule has 0 bridgehead atoms. The van der Waals surface area contributed by atoms with Crippen LogP contribution in [0.5, 0.6) is 0 Å². The molecule has 0 fully saturated rings. The molecule has 1 aliphatic heterocycles. The maximum atomic E-state index is 12.9.